The standard InChI is InChI=1S/C11H22O.C4H9NO/c1-11(2,3)9-5-7-10(12-4)8-6-9;1-2-4(5)3-6/h9-10H,5-8H2,1-4H3;3-4H,2,5H2,1H3. The number of carbonyl (C=O) groups excluding carboxylic acids is 1. The molecule has 0 aromatic carbocycles. The molecule has 3 heteroatoms. The zero-order valence-corrected chi connectivity index (χ0v) is 12.7. The molecule has 1 aliphatic rings. The summed E-state index contributed by atoms with van der Waals surface area (Å²) in [5.74, 6) is 0.906. The lowest BCUT2D eigenvalue weighted by Crippen LogP contribution is -2.28. The van der Waals surface area contributed by atoms with E-state index >= 15 is 0 Å². The molecular weight excluding hydrogens is 226 g/mol. The monoisotopic (exact) mass is 257 g/mol. The maximum absolute atomic E-state index is 9.61. The largest absolute Gasteiger partial charge is 0.381 e. The molecule has 1 atom stereocenters. The lowest BCUT2D eigenvalue weighted by atomic mass is 9.72. The van der Waals surface area contributed by atoms with Crippen LogP contribution in [0.1, 0.15) is 59.8 Å². The van der Waals surface area contributed by atoms with Gasteiger partial charge in [-0.3, -0.25) is 0 Å². The summed E-state index contributed by atoms with van der Waals surface area (Å²) in [4.78, 5) is 9.61. The second-order valence-corrected chi connectivity index (χ2v) is 6.28. The van der Waals surface area contributed by atoms with Crippen LogP contribution in [0.2, 0.25) is 0 Å². The van der Waals surface area contributed by atoms with E-state index < -0.39 is 0 Å². The van der Waals surface area contributed by atoms with Crippen molar-refractivity contribution in [3.63, 3.8) is 0 Å². The van der Waals surface area contributed by atoms with Crippen LogP contribution in [0.4, 0.5) is 0 Å². The lowest BCUT2D eigenvalue weighted by Gasteiger charge is -2.36. The SMILES string of the molecule is CCC(N)C=O.COC1CCC(C(C)(C)C)CC1. The van der Waals surface area contributed by atoms with Crippen LogP contribution in [-0.4, -0.2) is 25.5 Å². The minimum atomic E-state index is -0.245. The molecule has 0 aromatic heterocycles. The highest BCUT2D eigenvalue weighted by molar-refractivity contribution is 5.56. The topological polar surface area (TPSA) is 52.3 Å². The van der Waals surface area contributed by atoms with E-state index in [9.17, 15) is 4.79 Å². The van der Waals surface area contributed by atoms with E-state index in [2.05, 4.69) is 20.8 Å². The van der Waals surface area contributed by atoms with Gasteiger partial charge in [-0.15, -0.1) is 0 Å². The van der Waals surface area contributed by atoms with Crippen molar-refractivity contribution in [1.82, 2.24) is 0 Å². The van der Waals surface area contributed by atoms with Crippen LogP contribution < -0.4 is 5.73 Å². The van der Waals surface area contributed by atoms with Gasteiger partial charge in [-0.1, -0.05) is 27.7 Å². The number of hydrogen-bond donors (Lipinski definition) is 1. The van der Waals surface area contributed by atoms with Crippen LogP contribution in [-0.2, 0) is 9.53 Å². The van der Waals surface area contributed by atoms with Crippen molar-refractivity contribution in [1.29, 1.82) is 0 Å². The minimum Gasteiger partial charge on any atom is -0.381 e. The normalized spacial score (nSPS) is 25.9. The number of rotatable bonds is 3. The van der Waals surface area contributed by atoms with Gasteiger partial charge < -0.3 is 15.3 Å². The molecule has 0 saturated heterocycles. The molecule has 0 heterocycles. The Labute approximate surface area is 112 Å². The zero-order chi connectivity index (χ0) is 14.2. The molecule has 3 nitrogen and oxygen atoms in total. The van der Waals surface area contributed by atoms with Gasteiger partial charge >= 0.3 is 0 Å². The van der Waals surface area contributed by atoms with Gasteiger partial charge in [0.2, 0.25) is 0 Å². The van der Waals surface area contributed by atoms with E-state index in [1.165, 1.54) is 25.7 Å². The Hall–Kier alpha value is -0.410. The Kier molecular flexibility index (Phi) is 8.45. The molecule has 0 amide bonds. The van der Waals surface area contributed by atoms with E-state index in [0.29, 0.717) is 11.5 Å². The van der Waals surface area contributed by atoms with Gasteiger partial charge in [0.1, 0.15) is 6.29 Å². The molecule has 2 N–H and O–H groups in total. The molecule has 108 valence electrons. The molecule has 1 rings (SSSR count). The molecule has 1 unspecified atom stereocenters. The number of carbonyl (C=O) groups is 1. The summed E-state index contributed by atoms with van der Waals surface area (Å²) in [6.45, 7) is 8.93. The minimum absolute atomic E-state index is 0.245. The molecule has 18 heavy (non-hydrogen) atoms. The predicted octanol–water partition coefficient (Wildman–Crippen LogP) is 3.16. The molecule has 1 aliphatic carbocycles. The molecular formula is C15H31NO2. The van der Waals surface area contributed by atoms with Crippen molar-refractivity contribution in [2.75, 3.05) is 7.11 Å². The number of ether oxygens (including phenoxy) is 1. The Morgan fingerprint density at radius 1 is 1.28 bits per heavy atom. The Morgan fingerprint density at radius 2 is 1.78 bits per heavy atom. The van der Waals surface area contributed by atoms with Gasteiger partial charge in [0.05, 0.1) is 12.1 Å². The van der Waals surface area contributed by atoms with Crippen molar-refractivity contribution in [3.8, 4) is 0 Å². The first kappa shape index (κ1) is 17.6. The maximum atomic E-state index is 9.61. The highest BCUT2D eigenvalue weighted by Crippen LogP contribution is 2.38. The lowest BCUT2D eigenvalue weighted by molar-refractivity contribution is -0.108. The van der Waals surface area contributed by atoms with E-state index in [-0.39, 0.29) is 6.04 Å². The summed E-state index contributed by atoms with van der Waals surface area (Å²) in [7, 11) is 1.84. The molecule has 0 radical (unpaired) electrons. The van der Waals surface area contributed by atoms with Crippen LogP contribution in [0, 0.1) is 11.3 Å². The first-order valence-electron chi connectivity index (χ1n) is 7.08. The Morgan fingerprint density at radius 3 is 2.00 bits per heavy atom. The molecule has 1 fully saturated rings. The third-order valence-electron chi connectivity index (χ3n) is 3.88. The number of methoxy groups -OCH3 is 1. The quantitative estimate of drug-likeness (QED) is 0.790. The molecule has 0 bridgehead atoms. The first-order chi connectivity index (χ1) is 8.35. The van der Waals surface area contributed by atoms with Crippen molar-refractivity contribution in [2.24, 2.45) is 17.1 Å². The van der Waals surface area contributed by atoms with Gasteiger partial charge in [0.25, 0.3) is 0 Å². The fourth-order valence-corrected chi connectivity index (χ4v) is 2.26. The summed E-state index contributed by atoms with van der Waals surface area (Å²) < 4.78 is 5.35. The fraction of sp³-hybridized carbons (Fsp3) is 0.933. The fourth-order valence-electron chi connectivity index (χ4n) is 2.26. The van der Waals surface area contributed by atoms with Gasteiger partial charge in [-0.25, -0.2) is 0 Å². The number of aldehydes is 1. The predicted molar refractivity (Wildman–Crippen MR) is 76.5 cm³/mol. The second-order valence-electron chi connectivity index (χ2n) is 6.28. The van der Waals surface area contributed by atoms with Crippen LogP contribution in [0.25, 0.3) is 0 Å². The van der Waals surface area contributed by atoms with Crippen LogP contribution >= 0.6 is 0 Å². The zero-order valence-electron chi connectivity index (χ0n) is 12.7. The number of nitrogens with two attached hydrogens (primary N) is 1. The first-order valence-corrected chi connectivity index (χ1v) is 7.08. The molecule has 0 aromatic rings. The van der Waals surface area contributed by atoms with Crippen LogP contribution in [0.15, 0.2) is 0 Å². The summed E-state index contributed by atoms with van der Waals surface area (Å²) in [6, 6.07) is -0.245. The third-order valence-corrected chi connectivity index (χ3v) is 3.88. The Bertz CT molecular complexity index is 215. The van der Waals surface area contributed by atoms with E-state index in [1.54, 1.807) is 0 Å². The molecule has 0 aliphatic heterocycles. The summed E-state index contributed by atoms with van der Waals surface area (Å²) >= 11 is 0. The smallest absolute Gasteiger partial charge is 0.136 e. The van der Waals surface area contributed by atoms with Gasteiger partial charge in [0.15, 0.2) is 0 Å². The van der Waals surface area contributed by atoms with Gasteiger partial charge in [-0.2, -0.15) is 0 Å². The van der Waals surface area contributed by atoms with E-state index in [1.807, 2.05) is 14.0 Å². The van der Waals surface area contributed by atoms with Crippen molar-refractivity contribution in [2.45, 2.75) is 71.9 Å². The average Bonchev–Trinajstić information content (AvgIpc) is 2.37. The van der Waals surface area contributed by atoms with Crippen LogP contribution in [0.3, 0.4) is 0 Å². The summed E-state index contributed by atoms with van der Waals surface area (Å²) in [5, 5.41) is 0. The highest BCUT2D eigenvalue weighted by Gasteiger charge is 2.29. The van der Waals surface area contributed by atoms with Crippen LogP contribution in [0.5, 0.6) is 0 Å². The molecule has 1 saturated carbocycles. The third kappa shape index (κ3) is 7.12. The molecule has 0 spiro atoms. The van der Waals surface area contributed by atoms with E-state index in [4.69, 9.17) is 10.5 Å². The number of hydrogen-bond acceptors (Lipinski definition) is 3. The maximum Gasteiger partial charge on any atom is 0.136 e. The van der Waals surface area contributed by atoms with E-state index in [0.717, 1.165) is 18.6 Å². The average molecular weight is 257 g/mol. The summed E-state index contributed by atoms with van der Waals surface area (Å²) in [5.41, 5.74) is 5.60. The second kappa shape index (κ2) is 8.65. The highest BCUT2D eigenvalue weighted by atomic mass is 16.5. The van der Waals surface area contributed by atoms with Gasteiger partial charge in [0, 0.05) is 7.11 Å². The Balaban J connectivity index is 0.000000411. The van der Waals surface area contributed by atoms with Crippen molar-refractivity contribution >= 4 is 6.29 Å². The van der Waals surface area contributed by atoms with Crippen molar-refractivity contribution in [3.05, 3.63) is 0 Å². The summed E-state index contributed by atoms with van der Waals surface area (Å²) in [6.07, 6.45) is 7.26. The van der Waals surface area contributed by atoms with Gasteiger partial charge in [-0.05, 0) is 43.4 Å². The van der Waals surface area contributed by atoms with Crippen molar-refractivity contribution < 1.29 is 9.53 Å².